The van der Waals surface area contributed by atoms with Gasteiger partial charge in [0.2, 0.25) is 11.8 Å². The Labute approximate surface area is 209 Å². The van der Waals surface area contributed by atoms with E-state index in [1.807, 2.05) is 4.57 Å². The lowest BCUT2D eigenvalue weighted by atomic mass is 9.96. The average molecular weight is 497 g/mol. The number of halogens is 1. The number of aromatic nitrogens is 4. The van der Waals surface area contributed by atoms with Gasteiger partial charge in [-0.1, -0.05) is 26.8 Å². The van der Waals surface area contributed by atoms with Gasteiger partial charge in [0.15, 0.2) is 0 Å². The Balaban J connectivity index is 1.73. The number of hydrogen-bond acceptors (Lipinski definition) is 5. The number of allylic oxidation sites excluding steroid dienone is 1. The maximum Gasteiger partial charge on any atom is 0.277 e. The first-order valence-corrected chi connectivity index (χ1v) is 11.8. The molecule has 3 aromatic rings. The number of anilines is 1. The first-order chi connectivity index (χ1) is 16.9. The van der Waals surface area contributed by atoms with Gasteiger partial charge in [0.25, 0.3) is 5.56 Å². The Bertz CT molecular complexity index is 1330. The van der Waals surface area contributed by atoms with E-state index < -0.39 is 5.56 Å². The summed E-state index contributed by atoms with van der Waals surface area (Å²) < 4.78 is 17.2. The van der Waals surface area contributed by atoms with E-state index in [0.29, 0.717) is 30.7 Å². The van der Waals surface area contributed by atoms with Gasteiger partial charge in [-0.25, -0.2) is 14.4 Å². The molecule has 1 aromatic carbocycles. The van der Waals surface area contributed by atoms with E-state index in [-0.39, 0.29) is 41.7 Å². The van der Waals surface area contributed by atoms with Crippen molar-refractivity contribution in [2.45, 2.75) is 53.1 Å². The van der Waals surface area contributed by atoms with Crippen LogP contribution in [-0.4, -0.2) is 49.9 Å². The first-order valence-electron chi connectivity index (χ1n) is 11.8. The maximum atomic E-state index is 13.8. The number of amides is 2. The number of carbonyl (C=O) groups excluding carboxylic acids is 2. The van der Waals surface area contributed by atoms with E-state index in [2.05, 4.69) is 36.1 Å². The molecular formula is C26H33FN6O3. The van der Waals surface area contributed by atoms with E-state index in [1.54, 1.807) is 26.2 Å². The minimum atomic E-state index is -0.407. The quantitative estimate of drug-likeness (QED) is 0.360. The minimum Gasteiger partial charge on any atom is -0.345 e. The summed E-state index contributed by atoms with van der Waals surface area (Å²) in [4.78, 5) is 47.1. The zero-order valence-corrected chi connectivity index (χ0v) is 21.4. The lowest BCUT2D eigenvalue weighted by Crippen LogP contribution is -2.28. The molecule has 2 amide bonds. The van der Waals surface area contributed by atoms with Gasteiger partial charge in [-0.05, 0) is 36.5 Å². The lowest BCUT2D eigenvalue weighted by molar-refractivity contribution is -0.123. The summed E-state index contributed by atoms with van der Waals surface area (Å²) in [6, 6.07) is 4.46. The van der Waals surface area contributed by atoms with Crippen molar-refractivity contribution in [3.63, 3.8) is 0 Å². The molecule has 0 bridgehead atoms. The van der Waals surface area contributed by atoms with E-state index in [4.69, 9.17) is 0 Å². The number of unbranched alkanes of at least 4 members (excludes halogenated alkanes) is 1. The second kappa shape index (κ2) is 11.3. The van der Waals surface area contributed by atoms with Crippen molar-refractivity contribution >= 4 is 28.5 Å². The van der Waals surface area contributed by atoms with Crippen LogP contribution in [0.15, 0.2) is 47.7 Å². The number of nitrogens with one attached hydrogen (secondary N) is 1. The van der Waals surface area contributed by atoms with Crippen molar-refractivity contribution in [2.24, 2.45) is 5.41 Å². The third-order valence-corrected chi connectivity index (χ3v) is 5.38. The van der Waals surface area contributed by atoms with E-state index >= 15 is 0 Å². The van der Waals surface area contributed by atoms with Crippen LogP contribution in [0.4, 0.5) is 10.1 Å². The number of carbonyl (C=O) groups is 2. The molecule has 0 fully saturated rings. The third kappa shape index (κ3) is 7.10. The van der Waals surface area contributed by atoms with Crippen molar-refractivity contribution in [1.29, 1.82) is 0 Å². The topological polar surface area (TPSA) is 102 Å². The lowest BCUT2D eigenvalue weighted by Gasteiger charge is -2.21. The van der Waals surface area contributed by atoms with Crippen LogP contribution in [0.5, 0.6) is 0 Å². The molecule has 36 heavy (non-hydrogen) atoms. The van der Waals surface area contributed by atoms with Crippen LogP contribution in [0.2, 0.25) is 0 Å². The molecule has 10 heteroatoms. The normalized spacial score (nSPS) is 11.8. The van der Waals surface area contributed by atoms with Crippen LogP contribution in [0.1, 0.15) is 45.9 Å². The Hall–Kier alpha value is -3.82. The smallest absolute Gasteiger partial charge is 0.277 e. The predicted molar refractivity (Wildman–Crippen MR) is 137 cm³/mol. The highest BCUT2D eigenvalue weighted by Crippen LogP contribution is 2.24. The van der Waals surface area contributed by atoms with Crippen LogP contribution in [0.3, 0.4) is 0 Å². The van der Waals surface area contributed by atoms with Crippen molar-refractivity contribution in [2.75, 3.05) is 19.4 Å². The van der Waals surface area contributed by atoms with Gasteiger partial charge in [-0.3, -0.25) is 19.0 Å². The van der Waals surface area contributed by atoms with Crippen LogP contribution in [0, 0.1) is 11.2 Å². The van der Waals surface area contributed by atoms with Gasteiger partial charge < -0.3 is 14.8 Å². The summed E-state index contributed by atoms with van der Waals surface area (Å²) in [5, 5.41) is 2.63. The van der Waals surface area contributed by atoms with E-state index in [1.165, 1.54) is 40.2 Å². The molecule has 0 aliphatic rings. The van der Waals surface area contributed by atoms with Crippen LogP contribution in [-0.2, 0) is 22.7 Å². The first kappa shape index (κ1) is 26.8. The molecule has 2 heterocycles. The van der Waals surface area contributed by atoms with Crippen LogP contribution in [0.25, 0.3) is 11.0 Å². The Kier molecular flexibility index (Phi) is 8.39. The van der Waals surface area contributed by atoms with Gasteiger partial charge in [-0.2, -0.15) is 0 Å². The summed E-state index contributed by atoms with van der Waals surface area (Å²) >= 11 is 0. The van der Waals surface area contributed by atoms with Crippen molar-refractivity contribution in [3.8, 4) is 0 Å². The molecule has 0 saturated heterocycles. The van der Waals surface area contributed by atoms with Crippen molar-refractivity contribution < 1.29 is 14.0 Å². The Morgan fingerprint density at radius 3 is 2.67 bits per heavy atom. The monoisotopic (exact) mass is 496 g/mol. The van der Waals surface area contributed by atoms with Gasteiger partial charge in [0, 0.05) is 33.1 Å². The van der Waals surface area contributed by atoms with Crippen molar-refractivity contribution in [1.82, 2.24) is 24.0 Å². The number of imidazole rings is 1. The highest BCUT2D eigenvalue weighted by Gasteiger charge is 2.19. The fourth-order valence-corrected chi connectivity index (χ4v) is 3.65. The molecule has 192 valence electrons. The van der Waals surface area contributed by atoms with Gasteiger partial charge in [-0.15, -0.1) is 0 Å². The predicted octanol–water partition coefficient (Wildman–Crippen LogP) is 3.58. The largest absolute Gasteiger partial charge is 0.345 e. The molecular weight excluding hydrogens is 463 g/mol. The molecule has 0 aliphatic carbocycles. The molecule has 0 radical (unpaired) electrons. The zero-order valence-electron chi connectivity index (χ0n) is 21.4. The SMILES string of the molecule is CN(C)C(=O)/C=C/CCCC(=O)Nc1cncn(Cc2nc3cc(F)ccc3n2CC(C)(C)C)c1=O. The number of nitrogens with zero attached hydrogens (tertiary/aromatic N) is 5. The maximum absolute atomic E-state index is 13.8. The number of fused-ring (bicyclic) bond motifs is 1. The molecule has 9 nitrogen and oxygen atoms in total. The number of benzene rings is 1. The fraction of sp³-hybridized carbons (Fsp3) is 0.423. The Morgan fingerprint density at radius 2 is 1.97 bits per heavy atom. The molecule has 0 unspecified atom stereocenters. The Morgan fingerprint density at radius 1 is 1.22 bits per heavy atom. The van der Waals surface area contributed by atoms with Crippen molar-refractivity contribution in [3.05, 3.63) is 64.9 Å². The summed E-state index contributed by atoms with van der Waals surface area (Å²) in [5.74, 6) is -0.208. The summed E-state index contributed by atoms with van der Waals surface area (Å²) in [6.45, 7) is 7.01. The zero-order chi connectivity index (χ0) is 26.5. The molecule has 0 atom stereocenters. The summed E-state index contributed by atoms with van der Waals surface area (Å²) in [5.41, 5.74) is 0.889. The molecule has 0 spiro atoms. The second-order valence-electron chi connectivity index (χ2n) is 10.1. The van der Waals surface area contributed by atoms with Crippen LogP contribution < -0.4 is 10.9 Å². The van der Waals surface area contributed by atoms with Crippen LogP contribution >= 0.6 is 0 Å². The molecule has 3 rings (SSSR count). The molecule has 0 saturated carbocycles. The van der Waals surface area contributed by atoms with Gasteiger partial charge >= 0.3 is 0 Å². The number of hydrogen-bond donors (Lipinski definition) is 1. The molecule has 1 N–H and O–H groups in total. The van der Waals surface area contributed by atoms with E-state index in [0.717, 1.165) is 5.52 Å². The highest BCUT2D eigenvalue weighted by atomic mass is 19.1. The highest BCUT2D eigenvalue weighted by molar-refractivity contribution is 5.90. The summed E-state index contributed by atoms with van der Waals surface area (Å²) in [6.07, 6.45) is 7.20. The summed E-state index contributed by atoms with van der Waals surface area (Å²) in [7, 11) is 3.34. The van der Waals surface area contributed by atoms with E-state index in [9.17, 15) is 18.8 Å². The van der Waals surface area contributed by atoms with Gasteiger partial charge in [0.1, 0.15) is 17.3 Å². The standard InChI is InChI=1S/C26H33FN6O3/c1-26(2,3)16-33-21-12-11-18(27)13-19(21)29-22(33)15-32-17-28-14-20(25(32)36)30-23(34)9-7-6-8-10-24(35)31(4)5/h8,10-14,17H,6-7,9,15-16H2,1-5H3,(H,30,34)/b10-8+. The molecule has 2 aromatic heterocycles. The fourth-order valence-electron chi connectivity index (χ4n) is 3.65. The minimum absolute atomic E-state index is 0.0744. The number of rotatable bonds is 9. The third-order valence-electron chi connectivity index (χ3n) is 5.38. The average Bonchev–Trinajstić information content (AvgIpc) is 3.10. The second-order valence-corrected chi connectivity index (χ2v) is 10.1. The van der Waals surface area contributed by atoms with Gasteiger partial charge in [0.05, 0.1) is 30.1 Å². The number of likely N-dealkylation sites (N-methyl/N-ethyl adjacent to an activating group) is 1. The molecule has 0 aliphatic heterocycles.